The van der Waals surface area contributed by atoms with Crippen molar-refractivity contribution in [2.24, 2.45) is 0 Å². The van der Waals surface area contributed by atoms with Crippen LogP contribution in [-0.2, 0) is 25.4 Å². The van der Waals surface area contributed by atoms with Crippen molar-refractivity contribution in [1.82, 2.24) is 4.90 Å². The molecule has 0 saturated heterocycles. The fraction of sp³-hybridized carbons (Fsp3) is 0.591. The van der Waals surface area contributed by atoms with Gasteiger partial charge in [-0.05, 0) is 53.2 Å². The number of hydrogen-bond donors (Lipinski definition) is 0. The van der Waals surface area contributed by atoms with E-state index in [9.17, 15) is 18.8 Å². The lowest BCUT2D eigenvalue weighted by molar-refractivity contribution is -0.146. The van der Waals surface area contributed by atoms with Crippen LogP contribution in [0.1, 0.15) is 47.1 Å². The van der Waals surface area contributed by atoms with Gasteiger partial charge in [-0.25, -0.2) is 18.8 Å². The average Bonchev–Trinajstić information content (AvgIpc) is 2.64. The number of nitrogens with zero attached hydrogens (tertiary/aromatic N) is 1. The molecule has 10 heteroatoms. The second kappa shape index (κ2) is 10.5. The quantitative estimate of drug-likeness (QED) is 0.465. The molecule has 2 amide bonds. The van der Waals surface area contributed by atoms with E-state index in [1.807, 2.05) is 0 Å². The minimum atomic E-state index is -1.57. The highest BCUT2D eigenvalue weighted by Gasteiger charge is 2.41. The highest BCUT2D eigenvalue weighted by atomic mass is 19.1. The third kappa shape index (κ3) is 7.58. The summed E-state index contributed by atoms with van der Waals surface area (Å²) >= 11 is 0. The number of amides is 2. The lowest BCUT2D eigenvalue weighted by atomic mass is 10.0. The first-order valence-corrected chi connectivity index (χ1v) is 9.87. The van der Waals surface area contributed by atoms with E-state index >= 15 is 0 Å². The highest BCUT2D eigenvalue weighted by molar-refractivity contribution is 5.94. The zero-order valence-electron chi connectivity index (χ0n) is 20.0. The zero-order valence-corrected chi connectivity index (χ0v) is 20.0. The lowest BCUT2D eigenvalue weighted by Gasteiger charge is -2.32. The Morgan fingerprint density at radius 2 is 1.31 bits per heavy atom. The summed E-state index contributed by atoms with van der Waals surface area (Å²) in [6.07, 6.45) is -2.69. The smallest absolute Gasteiger partial charge is 0.420 e. The molecule has 0 aromatic heterocycles. The van der Waals surface area contributed by atoms with Gasteiger partial charge < -0.3 is 23.7 Å². The average molecular weight is 457 g/mol. The Balaban J connectivity index is 3.52. The minimum absolute atomic E-state index is 0.0184. The molecule has 0 aliphatic rings. The Morgan fingerprint density at radius 3 is 1.69 bits per heavy atom. The van der Waals surface area contributed by atoms with Gasteiger partial charge in [0.25, 0.3) is 0 Å². The number of carbonyl (C=O) groups excluding carboxylic acids is 3. The Kier molecular flexibility index (Phi) is 8.87. The molecule has 0 aliphatic heterocycles. The van der Waals surface area contributed by atoms with Crippen LogP contribution >= 0.6 is 0 Å². The summed E-state index contributed by atoms with van der Waals surface area (Å²) in [6.45, 7) is 9.58. The second-order valence-corrected chi connectivity index (χ2v) is 8.87. The number of rotatable bonds is 6. The SMILES string of the molecule is COC(=O)[C@H](Cc1cc(OC)c(OC)cc1F)N(C(=O)OC(C)(C)C)C(=O)OC(C)(C)C. The number of carbonyl (C=O) groups is 3. The standard InChI is InChI=1S/C22H32FNO8/c1-21(2,3)31-19(26)24(20(27)32-22(4,5)6)15(18(25)30-9)10-13-11-16(28-7)17(29-8)12-14(13)23/h11-12,15H,10H2,1-9H3/t15-/m0/s1. The van der Waals surface area contributed by atoms with Crippen LogP contribution in [-0.4, -0.2) is 61.6 Å². The van der Waals surface area contributed by atoms with Crippen LogP contribution in [0.15, 0.2) is 12.1 Å². The van der Waals surface area contributed by atoms with E-state index in [2.05, 4.69) is 0 Å². The number of esters is 1. The predicted octanol–water partition coefficient (Wildman–Crippen LogP) is 4.10. The molecular formula is C22H32FNO8. The van der Waals surface area contributed by atoms with Crippen molar-refractivity contribution < 1.29 is 42.5 Å². The maximum atomic E-state index is 14.8. The predicted molar refractivity (Wildman–Crippen MR) is 113 cm³/mol. The van der Waals surface area contributed by atoms with Crippen molar-refractivity contribution in [3.8, 4) is 11.5 Å². The Bertz CT molecular complexity index is 814. The molecule has 0 unspecified atom stereocenters. The topological polar surface area (TPSA) is 101 Å². The Hall–Kier alpha value is -3.04. The summed E-state index contributed by atoms with van der Waals surface area (Å²) in [4.78, 5) is 38.9. The first kappa shape index (κ1) is 27.0. The summed E-state index contributed by atoms with van der Waals surface area (Å²) in [5.74, 6) is -1.35. The normalized spacial score (nSPS) is 12.4. The largest absolute Gasteiger partial charge is 0.493 e. The van der Waals surface area contributed by atoms with Crippen LogP contribution < -0.4 is 9.47 Å². The summed E-state index contributed by atoms with van der Waals surface area (Å²) in [7, 11) is 3.80. The van der Waals surface area contributed by atoms with Crippen LogP contribution in [0, 0.1) is 5.82 Å². The third-order valence-corrected chi connectivity index (χ3v) is 3.93. The Morgan fingerprint density at radius 1 is 0.875 bits per heavy atom. The van der Waals surface area contributed by atoms with E-state index in [-0.39, 0.29) is 17.1 Å². The first-order valence-electron chi connectivity index (χ1n) is 9.87. The maximum Gasteiger partial charge on any atom is 0.420 e. The molecule has 0 saturated carbocycles. The third-order valence-electron chi connectivity index (χ3n) is 3.93. The van der Waals surface area contributed by atoms with E-state index in [1.165, 1.54) is 20.3 Å². The van der Waals surface area contributed by atoms with E-state index in [1.54, 1.807) is 41.5 Å². The molecule has 1 rings (SSSR count). The molecule has 0 N–H and O–H groups in total. The molecule has 1 aromatic rings. The van der Waals surface area contributed by atoms with Gasteiger partial charge in [0.05, 0.1) is 21.3 Å². The van der Waals surface area contributed by atoms with Crippen LogP contribution in [0.2, 0.25) is 0 Å². The first-order chi connectivity index (χ1) is 14.6. The summed E-state index contributed by atoms with van der Waals surface area (Å²) < 4.78 is 40.4. The number of benzene rings is 1. The molecule has 0 bridgehead atoms. The molecular weight excluding hydrogens is 425 g/mol. The maximum absolute atomic E-state index is 14.8. The molecule has 0 spiro atoms. The summed E-state index contributed by atoms with van der Waals surface area (Å²) in [6, 6.07) is 0.817. The summed E-state index contributed by atoms with van der Waals surface area (Å²) in [5.41, 5.74) is -1.98. The zero-order chi connectivity index (χ0) is 24.9. The van der Waals surface area contributed by atoms with Crippen LogP contribution in [0.25, 0.3) is 0 Å². The molecule has 0 fully saturated rings. The monoisotopic (exact) mass is 457 g/mol. The second-order valence-electron chi connectivity index (χ2n) is 8.87. The number of ether oxygens (including phenoxy) is 5. The van der Waals surface area contributed by atoms with Crippen molar-refractivity contribution in [2.45, 2.75) is 65.2 Å². The highest BCUT2D eigenvalue weighted by Crippen LogP contribution is 2.31. The van der Waals surface area contributed by atoms with Gasteiger partial charge in [0.2, 0.25) is 0 Å². The van der Waals surface area contributed by atoms with Crippen molar-refractivity contribution in [3.63, 3.8) is 0 Å². The van der Waals surface area contributed by atoms with Crippen molar-refractivity contribution in [3.05, 3.63) is 23.5 Å². The molecule has 32 heavy (non-hydrogen) atoms. The number of hydrogen-bond acceptors (Lipinski definition) is 8. The van der Waals surface area contributed by atoms with Crippen LogP contribution in [0.3, 0.4) is 0 Å². The molecule has 1 atom stereocenters. The van der Waals surface area contributed by atoms with Gasteiger partial charge in [-0.15, -0.1) is 0 Å². The van der Waals surface area contributed by atoms with Gasteiger partial charge in [0.15, 0.2) is 11.5 Å². The number of methoxy groups -OCH3 is 3. The van der Waals surface area contributed by atoms with Crippen molar-refractivity contribution in [2.75, 3.05) is 21.3 Å². The van der Waals surface area contributed by atoms with Crippen molar-refractivity contribution in [1.29, 1.82) is 0 Å². The van der Waals surface area contributed by atoms with Gasteiger partial charge in [0.1, 0.15) is 23.1 Å². The van der Waals surface area contributed by atoms with E-state index < -0.39 is 47.6 Å². The minimum Gasteiger partial charge on any atom is -0.493 e. The van der Waals surface area contributed by atoms with Gasteiger partial charge >= 0.3 is 18.2 Å². The van der Waals surface area contributed by atoms with E-state index in [4.69, 9.17) is 23.7 Å². The molecule has 0 heterocycles. The Labute approximate surface area is 187 Å². The van der Waals surface area contributed by atoms with E-state index in [0.29, 0.717) is 4.90 Å². The van der Waals surface area contributed by atoms with Gasteiger partial charge in [0, 0.05) is 12.5 Å². The fourth-order valence-electron chi connectivity index (χ4n) is 2.63. The summed E-state index contributed by atoms with van der Waals surface area (Å²) in [5, 5.41) is 0. The van der Waals surface area contributed by atoms with Gasteiger partial charge in [-0.3, -0.25) is 0 Å². The van der Waals surface area contributed by atoms with Crippen molar-refractivity contribution >= 4 is 18.2 Å². The van der Waals surface area contributed by atoms with Crippen LogP contribution in [0.5, 0.6) is 11.5 Å². The molecule has 9 nitrogen and oxygen atoms in total. The molecule has 1 aromatic carbocycles. The van der Waals surface area contributed by atoms with Gasteiger partial charge in [-0.1, -0.05) is 0 Å². The molecule has 180 valence electrons. The van der Waals surface area contributed by atoms with Gasteiger partial charge in [-0.2, -0.15) is 4.90 Å². The molecule has 0 radical (unpaired) electrons. The lowest BCUT2D eigenvalue weighted by Crippen LogP contribution is -2.53. The number of halogens is 1. The fourth-order valence-corrected chi connectivity index (χ4v) is 2.63. The number of imide groups is 1. The molecule has 0 aliphatic carbocycles. The van der Waals surface area contributed by atoms with Crippen LogP contribution in [0.4, 0.5) is 14.0 Å². The van der Waals surface area contributed by atoms with E-state index in [0.717, 1.165) is 13.2 Å².